The van der Waals surface area contributed by atoms with Crippen molar-refractivity contribution >= 4 is 29.9 Å². The van der Waals surface area contributed by atoms with Crippen LogP contribution in [0.5, 0.6) is 0 Å². The summed E-state index contributed by atoms with van der Waals surface area (Å²) < 4.78 is 0. The lowest BCUT2D eigenvalue weighted by atomic mass is 10.0. The number of benzene rings is 1. The van der Waals surface area contributed by atoms with Crippen molar-refractivity contribution in [2.45, 2.75) is 32.2 Å². The molecule has 1 fully saturated rings. The summed E-state index contributed by atoms with van der Waals surface area (Å²) >= 11 is 0. The topological polar surface area (TPSA) is 56.9 Å². The molecule has 0 saturated carbocycles. The molecular weight excluding hydrogens is 425 g/mol. The fourth-order valence-electron chi connectivity index (χ4n) is 3.14. The van der Waals surface area contributed by atoms with Gasteiger partial charge in [-0.15, -0.1) is 24.0 Å². The highest BCUT2D eigenvalue weighted by atomic mass is 127. The van der Waals surface area contributed by atoms with Crippen molar-refractivity contribution in [2.24, 2.45) is 10.7 Å². The highest BCUT2D eigenvalue weighted by Crippen LogP contribution is 2.24. The molecule has 1 atom stereocenters. The maximum absolute atomic E-state index is 5.89. The first-order chi connectivity index (χ1) is 11.7. The minimum Gasteiger partial charge on any atom is -0.370 e. The fourth-order valence-corrected chi connectivity index (χ4v) is 3.14. The Morgan fingerprint density at radius 2 is 2.00 bits per heavy atom. The van der Waals surface area contributed by atoms with Crippen LogP contribution in [0.25, 0.3) is 0 Å². The molecule has 0 spiro atoms. The maximum Gasteiger partial charge on any atom is 0.188 e. The van der Waals surface area contributed by atoms with Crippen molar-refractivity contribution in [3.05, 3.63) is 35.9 Å². The van der Waals surface area contributed by atoms with Crippen LogP contribution in [0.4, 0.5) is 0 Å². The van der Waals surface area contributed by atoms with E-state index in [1.165, 1.54) is 12.0 Å². The van der Waals surface area contributed by atoms with Gasteiger partial charge in [0.2, 0.25) is 0 Å². The molecule has 1 aromatic carbocycles. The fraction of sp³-hybridized carbons (Fsp3) is 0.632. The largest absolute Gasteiger partial charge is 0.370 e. The van der Waals surface area contributed by atoms with Crippen molar-refractivity contribution in [2.75, 3.05) is 46.3 Å². The van der Waals surface area contributed by atoms with E-state index in [1.54, 1.807) is 0 Å². The predicted octanol–water partition coefficient (Wildman–Crippen LogP) is 2.69. The van der Waals surface area contributed by atoms with Crippen LogP contribution in [0.15, 0.2) is 35.3 Å². The van der Waals surface area contributed by atoms with Gasteiger partial charge in [-0.05, 0) is 25.5 Å². The first-order valence-electron chi connectivity index (χ1n) is 9.22. The Morgan fingerprint density at radius 3 is 2.72 bits per heavy atom. The summed E-state index contributed by atoms with van der Waals surface area (Å²) in [7, 11) is 2.21. The van der Waals surface area contributed by atoms with E-state index in [0.29, 0.717) is 12.0 Å². The zero-order chi connectivity index (χ0) is 17.2. The zero-order valence-corrected chi connectivity index (χ0v) is 18.0. The molecule has 3 N–H and O–H groups in total. The van der Waals surface area contributed by atoms with Gasteiger partial charge in [0.15, 0.2) is 5.96 Å². The van der Waals surface area contributed by atoms with Crippen molar-refractivity contribution < 1.29 is 0 Å². The van der Waals surface area contributed by atoms with Crippen LogP contribution in [0.1, 0.15) is 37.8 Å². The number of piperazine rings is 1. The molecule has 25 heavy (non-hydrogen) atoms. The monoisotopic (exact) mass is 459 g/mol. The minimum absolute atomic E-state index is 0. The Balaban J connectivity index is 0.00000312. The van der Waals surface area contributed by atoms with E-state index in [2.05, 4.69) is 64.4 Å². The van der Waals surface area contributed by atoms with Crippen LogP contribution in [0.2, 0.25) is 0 Å². The van der Waals surface area contributed by atoms with Crippen LogP contribution in [-0.2, 0) is 0 Å². The van der Waals surface area contributed by atoms with Crippen molar-refractivity contribution in [1.29, 1.82) is 0 Å². The van der Waals surface area contributed by atoms with E-state index in [0.717, 1.165) is 52.1 Å². The van der Waals surface area contributed by atoms with Gasteiger partial charge in [0.05, 0.1) is 0 Å². The van der Waals surface area contributed by atoms with Gasteiger partial charge < -0.3 is 16.0 Å². The van der Waals surface area contributed by atoms with Crippen LogP contribution in [0, 0.1) is 0 Å². The van der Waals surface area contributed by atoms with E-state index in [-0.39, 0.29) is 24.0 Å². The zero-order valence-electron chi connectivity index (χ0n) is 15.7. The summed E-state index contributed by atoms with van der Waals surface area (Å²) in [6, 6.07) is 11.3. The van der Waals surface area contributed by atoms with Gasteiger partial charge in [0.1, 0.15) is 0 Å². The average molecular weight is 459 g/mol. The molecule has 0 amide bonds. The molecule has 142 valence electrons. The van der Waals surface area contributed by atoms with Gasteiger partial charge in [-0.25, -0.2) is 0 Å². The number of nitrogens with zero attached hydrogens (tertiary/aromatic N) is 3. The second-order valence-electron chi connectivity index (χ2n) is 6.63. The number of guanidine groups is 1. The maximum atomic E-state index is 5.89. The number of nitrogens with one attached hydrogen (secondary N) is 1. The molecule has 0 aromatic heterocycles. The smallest absolute Gasteiger partial charge is 0.188 e. The molecule has 0 bridgehead atoms. The Morgan fingerprint density at radius 1 is 1.24 bits per heavy atom. The Labute approximate surface area is 170 Å². The van der Waals surface area contributed by atoms with Gasteiger partial charge in [-0.2, -0.15) is 0 Å². The molecule has 0 radical (unpaired) electrons. The van der Waals surface area contributed by atoms with Crippen LogP contribution < -0.4 is 11.1 Å². The molecule has 1 saturated heterocycles. The number of aliphatic imine (C=N–C) groups is 1. The minimum atomic E-state index is 0. The van der Waals surface area contributed by atoms with E-state index in [1.807, 2.05) is 0 Å². The lowest BCUT2D eigenvalue weighted by Crippen LogP contribution is -2.47. The van der Waals surface area contributed by atoms with E-state index in [4.69, 9.17) is 5.73 Å². The van der Waals surface area contributed by atoms with Crippen LogP contribution in [0.3, 0.4) is 0 Å². The summed E-state index contributed by atoms with van der Waals surface area (Å²) in [5.74, 6) is 0.585. The first-order valence-corrected chi connectivity index (χ1v) is 9.22. The molecule has 1 aromatic rings. The van der Waals surface area contributed by atoms with Gasteiger partial charge >= 0.3 is 0 Å². The molecule has 1 heterocycles. The van der Waals surface area contributed by atoms with E-state index in [9.17, 15) is 0 Å². The van der Waals surface area contributed by atoms with Gasteiger partial charge in [0, 0.05) is 45.3 Å². The Hall–Kier alpha value is -0.860. The summed E-state index contributed by atoms with van der Waals surface area (Å²) in [6.07, 6.45) is 3.35. The SMILES string of the molecule is CCCCNC(N)=NCCCN1CCN(C)CC1c1ccccc1.I. The third-order valence-electron chi connectivity index (χ3n) is 4.60. The van der Waals surface area contributed by atoms with Gasteiger partial charge in [-0.3, -0.25) is 9.89 Å². The second kappa shape index (κ2) is 12.5. The van der Waals surface area contributed by atoms with E-state index < -0.39 is 0 Å². The summed E-state index contributed by atoms with van der Waals surface area (Å²) in [5.41, 5.74) is 7.30. The van der Waals surface area contributed by atoms with Crippen LogP contribution in [-0.4, -0.2) is 62.1 Å². The average Bonchev–Trinajstić information content (AvgIpc) is 2.60. The second-order valence-corrected chi connectivity index (χ2v) is 6.63. The lowest BCUT2D eigenvalue weighted by molar-refractivity contribution is 0.0894. The predicted molar refractivity (Wildman–Crippen MR) is 118 cm³/mol. The summed E-state index contributed by atoms with van der Waals surface area (Å²) in [4.78, 5) is 9.45. The van der Waals surface area contributed by atoms with Crippen molar-refractivity contribution in [1.82, 2.24) is 15.1 Å². The number of halogens is 1. The van der Waals surface area contributed by atoms with E-state index >= 15 is 0 Å². The standard InChI is InChI=1S/C19H33N5.HI/c1-3-4-11-21-19(20)22-12-8-13-24-15-14-23(2)16-18(24)17-9-6-5-7-10-17;/h5-7,9-10,18H,3-4,8,11-16H2,1-2H3,(H3,20,21,22);1H. The number of unbranched alkanes of at least 4 members (excludes halogenated alkanes) is 1. The number of hydrogen-bond donors (Lipinski definition) is 2. The molecule has 0 aliphatic carbocycles. The highest BCUT2D eigenvalue weighted by Gasteiger charge is 2.25. The first kappa shape index (κ1) is 22.2. The Bertz CT molecular complexity index is 494. The molecule has 6 heteroatoms. The quantitative estimate of drug-likeness (QED) is 0.272. The van der Waals surface area contributed by atoms with Crippen molar-refractivity contribution in [3.8, 4) is 0 Å². The molecule has 5 nitrogen and oxygen atoms in total. The normalized spacial score (nSPS) is 19.4. The number of likely N-dealkylation sites (N-methyl/N-ethyl adjacent to an activating group) is 1. The lowest BCUT2D eigenvalue weighted by Gasteiger charge is -2.40. The molecule has 1 aliphatic rings. The third kappa shape index (κ3) is 7.92. The molecule has 1 unspecified atom stereocenters. The Kier molecular flexibility index (Phi) is 11.1. The summed E-state index contributed by atoms with van der Waals surface area (Å²) in [5, 5.41) is 3.17. The molecular formula is C19H34IN5. The summed E-state index contributed by atoms with van der Waals surface area (Å²) in [6.45, 7) is 8.29. The van der Waals surface area contributed by atoms with Crippen molar-refractivity contribution in [3.63, 3.8) is 0 Å². The third-order valence-corrected chi connectivity index (χ3v) is 4.60. The van der Waals surface area contributed by atoms with Gasteiger partial charge in [0.25, 0.3) is 0 Å². The van der Waals surface area contributed by atoms with Gasteiger partial charge in [-0.1, -0.05) is 43.7 Å². The highest BCUT2D eigenvalue weighted by molar-refractivity contribution is 14.0. The molecule has 2 rings (SSSR count). The molecule has 1 aliphatic heterocycles. The number of nitrogens with two attached hydrogens (primary N) is 1. The number of rotatable bonds is 8. The van der Waals surface area contributed by atoms with Crippen LogP contribution >= 0.6 is 24.0 Å². The number of hydrogen-bond acceptors (Lipinski definition) is 3.